The third-order valence-electron chi connectivity index (χ3n) is 3.58. The van der Waals surface area contributed by atoms with Crippen LogP contribution in [0.2, 0.25) is 0 Å². The van der Waals surface area contributed by atoms with Gasteiger partial charge < -0.3 is 5.32 Å². The van der Waals surface area contributed by atoms with Crippen molar-refractivity contribution in [1.82, 2.24) is 5.32 Å². The van der Waals surface area contributed by atoms with Gasteiger partial charge in [-0.15, -0.1) is 0 Å². The van der Waals surface area contributed by atoms with Crippen molar-refractivity contribution in [2.24, 2.45) is 10.9 Å². The van der Waals surface area contributed by atoms with Crippen LogP contribution in [-0.4, -0.2) is 22.5 Å². The fraction of sp³-hybridized carbons (Fsp3) is 0.929. The molecular formula is C14H28N2S. The van der Waals surface area contributed by atoms with Crippen molar-refractivity contribution >= 4 is 16.9 Å². The summed E-state index contributed by atoms with van der Waals surface area (Å²) in [5.74, 6) is 1.98. The first-order valence-electron chi connectivity index (χ1n) is 6.94. The SMILES string of the molecule is CCC1(C)CCSC(=NC(C)CCC(C)C)N1. The second kappa shape index (κ2) is 6.67. The largest absolute Gasteiger partial charge is 0.360 e. The van der Waals surface area contributed by atoms with Crippen molar-refractivity contribution in [2.75, 3.05) is 5.75 Å². The molecule has 3 heteroatoms. The minimum Gasteiger partial charge on any atom is -0.360 e. The summed E-state index contributed by atoms with van der Waals surface area (Å²) in [5, 5.41) is 4.77. The van der Waals surface area contributed by atoms with Gasteiger partial charge in [0.1, 0.15) is 0 Å². The Kier molecular flexibility index (Phi) is 5.84. The van der Waals surface area contributed by atoms with E-state index in [4.69, 9.17) is 4.99 Å². The molecule has 0 radical (unpaired) electrons. The Bertz CT molecular complexity index is 263. The lowest BCUT2D eigenvalue weighted by molar-refractivity contribution is 0.388. The Balaban J connectivity index is 2.48. The second-order valence-electron chi connectivity index (χ2n) is 5.89. The highest BCUT2D eigenvalue weighted by atomic mass is 32.2. The van der Waals surface area contributed by atoms with Gasteiger partial charge in [0.05, 0.1) is 0 Å². The summed E-state index contributed by atoms with van der Waals surface area (Å²) in [4.78, 5) is 4.82. The van der Waals surface area contributed by atoms with Crippen LogP contribution in [0.15, 0.2) is 4.99 Å². The first kappa shape index (κ1) is 14.9. The molecule has 17 heavy (non-hydrogen) atoms. The number of nitrogens with zero attached hydrogens (tertiary/aromatic N) is 1. The van der Waals surface area contributed by atoms with Gasteiger partial charge >= 0.3 is 0 Å². The zero-order chi connectivity index (χ0) is 12.9. The lowest BCUT2D eigenvalue weighted by Gasteiger charge is -2.35. The quantitative estimate of drug-likeness (QED) is 0.802. The summed E-state index contributed by atoms with van der Waals surface area (Å²) in [6.07, 6.45) is 4.89. The number of aliphatic imine (C=N–C) groups is 1. The highest BCUT2D eigenvalue weighted by Crippen LogP contribution is 2.25. The molecule has 0 aromatic rings. The van der Waals surface area contributed by atoms with Crippen LogP contribution >= 0.6 is 11.8 Å². The van der Waals surface area contributed by atoms with E-state index in [1.165, 1.54) is 31.4 Å². The van der Waals surface area contributed by atoms with Crippen molar-refractivity contribution < 1.29 is 0 Å². The molecule has 0 aromatic heterocycles. The smallest absolute Gasteiger partial charge is 0.157 e. The van der Waals surface area contributed by atoms with Gasteiger partial charge in [0.2, 0.25) is 0 Å². The highest BCUT2D eigenvalue weighted by molar-refractivity contribution is 8.13. The van der Waals surface area contributed by atoms with Crippen LogP contribution in [0.1, 0.15) is 60.3 Å². The van der Waals surface area contributed by atoms with E-state index < -0.39 is 0 Å². The molecule has 0 aliphatic carbocycles. The summed E-state index contributed by atoms with van der Waals surface area (Å²) in [6, 6.07) is 0.451. The van der Waals surface area contributed by atoms with Gasteiger partial charge in [0.15, 0.2) is 5.17 Å². The van der Waals surface area contributed by atoms with Crippen molar-refractivity contribution in [2.45, 2.75) is 71.9 Å². The van der Waals surface area contributed by atoms with Crippen LogP contribution < -0.4 is 5.32 Å². The predicted molar refractivity (Wildman–Crippen MR) is 79.9 cm³/mol. The Morgan fingerprint density at radius 3 is 2.65 bits per heavy atom. The lowest BCUT2D eigenvalue weighted by atomic mass is 9.96. The first-order valence-corrected chi connectivity index (χ1v) is 7.92. The van der Waals surface area contributed by atoms with Gasteiger partial charge in [-0.05, 0) is 45.4 Å². The molecule has 0 aromatic carbocycles. The molecule has 1 aliphatic rings. The molecule has 1 heterocycles. The fourth-order valence-corrected chi connectivity index (χ4v) is 3.22. The molecule has 2 atom stereocenters. The normalized spacial score (nSPS) is 29.4. The summed E-state index contributed by atoms with van der Waals surface area (Å²) in [6.45, 7) is 11.3. The molecule has 0 spiro atoms. The predicted octanol–water partition coefficient (Wildman–Crippen LogP) is 4.06. The minimum absolute atomic E-state index is 0.266. The number of hydrogen-bond donors (Lipinski definition) is 1. The van der Waals surface area contributed by atoms with E-state index in [0.717, 1.165) is 11.1 Å². The average Bonchev–Trinajstić information content (AvgIpc) is 2.26. The van der Waals surface area contributed by atoms with Crippen LogP contribution in [-0.2, 0) is 0 Å². The number of thioether (sulfide) groups is 1. The van der Waals surface area contributed by atoms with Crippen molar-refractivity contribution in [3.63, 3.8) is 0 Å². The molecule has 1 N–H and O–H groups in total. The van der Waals surface area contributed by atoms with E-state index in [9.17, 15) is 0 Å². The van der Waals surface area contributed by atoms with Crippen molar-refractivity contribution in [1.29, 1.82) is 0 Å². The molecule has 1 rings (SSSR count). The topological polar surface area (TPSA) is 24.4 Å². The van der Waals surface area contributed by atoms with Crippen LogP contribution in [0.5, 0.6) is 0 Å². The molecule has 2 nitrogen and oxygen atoms in total. The number of hydrogen-bond acceptors (Lipinski definition) is 2. The van der Waals surface area contributed by atoms with E-state index in [-0.39, 0.29) is 5.54 Å². The Morgan fingerprint density at radius 1 is 1.35 bits per heavy atom. The first-order chi connectivity index (χ1) is 7.95. The van der Waals surface area contributed by atoms with E-state index in [1.807, 2.05) is 11.8 Å². The summed E-state index contributed by atoms with van der Waals surface area (Å²) in [5.41, 5.74) is 0.266. The van der Waals surface area contributed by atoms with Gasteiger partial charge in [0.25, 0.3) is 0 Å². The molecule has 0 saturated carbocycles. The Labute approximate surface area is 111 Å². The van der Waals surface area contributed by atoms with E-state index >= 15 is 0 Å². The van der Waals surface area contributed by atoms with Crippen molar-refractivity contribution in [3.8, 4) is 0 Å². The highest BCUT2D eigenvalue weighted by Gasteiger charge is 2.27. The molecule has 0 amide bonds. The summed E-state index contributed by atoms with van der Waals surface area (Å²) in [7, 11) is 0. The van der Waals surface area contributed by atoms with Crippen molar-refractivity contribution in [3.05, 3.63) is 0 Å². The maximum absolute atomic E-state index is 4.82. The van der Waals surface area contributed by atoms with Crippen LogP contribution in [0, 0.1) is 5.92 Å². The Hall–Kier alpha value is -0.180. The van der Waals surface area contributed by atoms with Crippen LogP contribution in [0.3, 0.4) is 0 Å². The van der Waals surface area contributed by atoms with Gasteiger partial charge in [-0.1, -0.05) is 32.5 Å². The third-order valence-corrected chi connectivity index (χ3v) is 4.47. The van der Waals surface area contributed by atoms with Gasteiger partial charge in [-0.2, -0.15) is 0 Å². The zero-order valence-electron chi connectivity index (χ0n) is 12.0. The summed E-state index contributed by atoms with van der Waals surface area (Å²) < 4.78 is 0. The van der Waals surface area contributed by atoms with Gasteiger partial charge in [-0.3, -0.25) is 4.99 Å². The molecule has 1 fully saturated rings. The molecular weight excluding hydrogens is 228 g/mol. The molecule has 0 bridgehead atoms. The second-order valence-corrected chi connectivity index (χ2v) is 6.98. The van der Waals surface area contributed by atoms with E-state index in [1.54, 1.807) is 0 Å². The van der Waals surface area contributed by atoms with Crippen LogP contribution in [0.25, 0.3) is 0 Å². The third kappa shape index (κ3) is 5.33. The minimum atomic E-state index is 0.266. The molecule has 2 unspecified atom stereocenters. The summed E-state index contributed by atoms with van der Waals surface area (Å²) >= 11 is 1.88. The number of nitrogens with one attached hydrogen (secondary N) is 1. The standard InChI is InChI=1S/C14H28N2S/c1-6-14(5)9-10-17-13(16-14)15-12(4)8-7-11(2)3/h11-12H,6-10H2,1-5H3,(H,15,16). The maximum atomic E-state index is 4.82. The average molecular weight is 256 g/mol. The fourth-order valence-electron chi connectivity index (χ4n) is 1.90. The number of rotatable bonds is 5. The molecule has 100 valence electrons. The monoisotopic (exact) mass is 256 g/mol. The zero-order valence-corrected chi connectivity index (χ0v) is 12.9. The van der Waals surface area contributed by atoms with Gasteiger partial charge in [-0.25, -0.2) is 0 Å². The molecule has 1 aliphatic heterocycles. The number of amidine groups is 1. The van der Waals surface area contributed by atoms with E-state index in [0.29, 0.717) is 6.04 Å². The lowest BCUT2D eigenvalue weighted by Crippen LogP contribution is -2.48. The van der Waals surface area contributed by atoms with E-state index in [2.05, 4.69) is 39.9 Å². The molecule has 1 saturated heterocycles. The maximum Gasteiger partial charge on any atom is 0.157 e. The van der Waals surface area contributed by atoms with Crippen LogP contribution in [0.4, 0.5) is 0 Å². The van der Waals surface area contributed by atoms with Gasteiger partial charge in [0, 0.05) is 17.3 Å². The Morgan fingerprint density at radius 2 is 2.06 bits per heavy atom.